The van der Waals surface area contributed by atoms with Gasteiger partial charge in [-0.25, -0.2) is 9.97 Å². The average molecular weight is 536 g/mol. The van der Waals surface area contributed by atoms with Gasteiger partial charge in [-0.3, -0.25) is 4.40 Å². The van der Waals surface area contributed by atoms with E-state index in [1.807, 2.05) is 6.07 Å². The van der Waals surface area contributed by atoms with Gasteiger partial charge < -0.3 is 0 Å². The van der Waals surface area contributed by atoms with Gasteiger partial charge in [0.15, 0.2) is 0 Å². The summed E-state index contributed by atoms with van der Waals surface area (Å²) in [5, 5.41) is 6.77. The van der Waals surface area contributed by atoms with Gasteiger partial charge in [-0.1, -0.05) is 109 Å². The Morgan fingerprint density at radius 2 is 1.15 bits per heavy atom. The first-order chi connectivity index (χ1) is 19.2. The summed E-state index contributed by atoms with van der Waals surface area (Å²) < 4.78 is 2.27. The fourth-order valence-corrected chi connectivity index (χ4v) is 9.53. The normalized spacial score (nSPS) is 12.2. The van der Waals surface area contributed by atoms with Crippen LogP contribution in [0.25, 0.3) is 49.4 Å². The van der Waals surface area contributed by atoms with Crippen molar-refractivity contribution in [3.05, 3.63) is 133 Å². The van der Waals surface area contributed by atoms with Crippen LogP contribution in [-0.4, -0.2) is 14.4 Å². The van der Waals surface area contributed by atoms with E-state index >= 15 is 0 Å². The topological polar surface area (TPSA) is 30.2 Å². The van der Waals surface area contributed by atoms with E-state index in [2.05, 4.69) is 132 Å². The Morgan fingerprint density at radius 1 is 0.513 bits per heavy atom. The molecule has 0 saturated carbocycles. The van der Waals surface area contributed by atoms with Gasteiger partial charge >= 0.3 is 0 Å². The average Bonchev–Trinajstić information content (AvgIpc) is 3.41. The van der Waals surface area contributed by atoms with Gasteiger partial charge in [-0.2, -0.15) is 0 Å². The van der Waals surface area contributed by atoms with Gasteiger partial charge in [0.1, 0.15) is 5.65 Å². The van der Waals surface area contributed by atoms with E-state index in [0.717, 1.165) is 54.7 Å². The maximum atomic E-state index is 6.62. The van der Waals surface area contributed by atoms with Crippen LogP contribution in [0.2, 0.25) is 0 Å². The number of hydrogen-bond acceptors (Lipinski definition) is 3. The summed E-state index contributed by atoms with van der Waals surface area (Å²) in [4.78, 5) is 10.3. The van der Waals surface area contributed by atoms with Crippen LogP contribution in [0.15, 0.2) is 133 Å². The van der Waals surface area contributed by atoms with Crippen LogP contribution in [-0.2, 0) is 11.8 Å². The van der Waals surface area contributed by atoms with Crippen LogP contribution < -0.4 is 15.9 Å². The van der Waals surface area contributed by atoms with Gasteiger partial charge in [0.25, 0.3) is 0 Å². The van der Waals surface area contributed by atoms with Gasteiger partial charge in [-0.15, -0.1) is 0 Å². The second-order valence-electron chi connectivity index (χ2n) is 9.82. The van der Waals surface area contributed by atoms with Crippen molar-refractivity contribution >= 4 is 83.1 Å². The van der Waals surface area contributed by atoms with Crippen LogP contribution in [0, 0.1) is 0 Å². The maximum absolute atomic E-state index is 6.62. The lowest BCUT2D eigenvalue weighted by Gasteiger charge is -2.24. The SMILES string of the molecule is S=P(c1ccccc1)(c1ccccc1)c1ccc2nc3c4ccccc4n4c5ccccc5nc4c3cc2c1. The van der Waals surface area contributed by atoms with Crippen LogP contribution in [0.3, 0.4) is 0 Å². The Hall–Kier alpha value is -4.37. The molecular formula is C34H22N3PS. The van der Waals surface area contributed by atoms with Crippen LogP contribution in [0.1, 0.15) is 0 Å². The van der Waals surface area contributed by atoms with Crippen molar-refractivity contribution in [3.8, 4) is 0 Å². The molecule has 3 aromatic heterocycles. The molecule has 0 aliphatic carbocycles. The number of pyridine rings is 2. The third-order valence-corrected chi connectivity index (χ3v) is 12.6. The summed E-state index contributed by atoms with van der Waals surface area (Å²) in [5.41, 5.74) is 6.05. The van der Waals surface area contributed by atoms with Crippen molar-refractivity contribution in [1.82, 2.24) is 14.4 Å². The van der Waals surface area contributed by atoms with E-state index in [-0.39, 0.29) is 0 Å². The highest BCUT2D eigenvalue weighted by molar-refractivity contribution is 8.25. The third-order valence-electron chi connectivity index (χ3n) is 7.60. The number of fused-ring (bicyclic) bond motifs is 9. The monoisotopic (exact) mass is 535 g/mol. The smallest absolute Gasteiger partial charge is 0.147 e. The molecule has 184 valence electrons. The van der Waals surface area contributed by atoms with Crippen LogP contribution in [0.5, 0.6) is 0 Å². The number of rotatable bonds is 3. The summed E-state index contributed by atoms with van der Waals surface area (Å²) in [5.74, 6) is 0. The molecule has 8 rings (SSSR count). The predicted molar refractivity (Wildman–Crippen MR) is 169 cm³/mol. The van der Waals surface area contributed by atoms with Gasteiger partial charge in [0.2, 0.25) is 0 Å². The molecule has 5 heteroatoms. The lowest BCUT2D eigenvalue weighted by Crippen LogP contribution is -2.24. The zero-order valence-electron chi connectivity index (χ0n) is 20.9. The van der Waals surface area contributed by atoms with Crippen molar-refractivity contribution in [3.63, 3.8) is 0 Å². The maximum Gasteiger partial charge on any atom is 0.147 e. The molecule has 0 atom stereocenters. The molecule has 3 nitrogen and oxygen atoms in total. The van der Waals surface area contributed by atoms with E-state index < -0.39 is 6.04 Å². The highest BCUT2D eigenvalue weighted by Crippen LogP contribution is 2.43. The van der Waals surface area contributed by atoms with E-state index in [0.29, 0.717) is 0 Å². The molecule has 0 saturated heterocycles. The Kier molecular flexibility index (Phi) is 4.97. The summed E-state index contributed by atoms with van der Waals surface area (Å²) in [6.07, 6.45) is 0. The van der Waals surface area contributed by atoms with Crippen molar-refractivity contribution < 1.29 is 0 Å². The van der Waals surface area contributed by atoms with E-state index in [1.165, 1.54) is 10.6 Å². The first-order valence-corrected chi connectivity index (χ1v) is 15.8. The molecular weight excluding hydrogens is 513 g/mol. The summed E-state index contributed by atoms with van der Waals surface area (Å²) in [7, 11) is 0. The molecule has 3 heterocycles. The van der Waals surface area contributed by atoms with E-state index in [4.69, 9.17) is 21.8 Å². The largest absolute Gasteiger partial charge is 0.292 e. The Labute approximate surface area is 230 Å². The van der Waals surface area contributed by atoms with Gasteiger partial charge in [-0.05, 0) is 52.3 Å². The first-order valence-electron chi connectivity index (χ1n) is 13.0. The van der Waals surface area contributed by atoms with Crippen LogP contribution in [0.4, 0.5) is 0 Å². The minimum atomic E-state index is -2.27. The molecule has 0 aliphatic heterocycles. The molecule has 0 spiro atoms. The zero-order chi connectivity index (χ0) is 26.0. The Balaban J connectivity index is 1.47. The number of para-hydroxylation sites is 3. The standard InChI is InChI=1S/C34H22N3PS/c39-38(24-11-3-1-4-12-24,25-13-5-2-6-14-25)26-19-20-29-23(21-26)22-28-33(35-29)27-15-7-9-17-31(27)37-32-18-10-8-16-30(32)36-34(28)37/h1-22H. The second kappa shape index (κ2) is 8.57. The molecule has 5 aromatic carbocycles. The first kappa shape index (κ1) is 22.6. The minimum Gasteiger partial charge on any atom is -0.292 e. The number of imidazole rings is 1. The highest BCUT2D eigenvalue weighted by Gasteiger charge is 2.25. The lowest BCUT2D eigenvalue weighted by atomic mass is 10.1. The van der Waals surface area contributed by atoms with Crippen molar-refractivity contribution in [2.75, 3.05) is 0 Å². The molecule has 0 N–H and O–H groups in total. The molecule has 8 aromatic rings. The van der Waals surface area contributed by atoms with Crippen molar-refractivity contribution in [1.29, 1.82) is 0 Å². The number of nitrogens with zero attached hydrogens (tertiary/aromatic N) is 3. The Bertz CT molecular complexity index is 2210. The number of aromatic nitrogens is 3. The van der Waals surface area contributed by atoms with E-state index in [9.17, 15) is 0 Å². The zero-order valence-corrected chi connectivity index (χ0v) is 22.6. The minimum absolute atomic E-state index is 0.926. The van der Waals surface area contributed by atoms with Crippen molar-refractivity contribution in [2.24, 2.45) is 0 Å². The number of hydrogen-bond donors (Lipinski definition) is 0. The fraction of sp³-hybridized carbons (Fsp3) is 0. The molecule has 0 aliphatic rings. The highest BCUT2D eigenvalue weighted by atomic mass is 32.4. The molecule has 0 radical (unpaired) electrons. The van der Waals surface area contributed by atoms with E-state index in [1.54, 1.807) is 0 Å². The summed E-state index contributed by atoms with van der Waals surface area (Å²) in [6, 6.07) is 44.5. The Morgan fingerprint density at radius 3 is 1.90 bits per heavy atom. The molecule has 39 heavy (non-hydrogen) atoms. The molecule has 0 fully saturated rings. The fourth-order valence-electron chi connectivity index (χ4n) is 5.78. The van der Waals surface area contributed by atoms with Crippen molar-refractivity contribution in [2.45, 2.75) is 0 Å². The van der Waals surface area contributed by atoms with Crippen LogP contribution >= 0.6 is 6.04 Å². The quantitative estimate of drug-likeness (QED) is 0.137. The number of benzene rings is 5. The third kappa shape index (κ3) is 3.32. The second-order valence-corrected chi connectivity index (χ2v) is 14.2. The molecule has 0 amide bonds. The summed E-state index contributed by atoms with van der Waals surface area (Å²) in [6.45, 7) is 0. The molecule has 0 unspecified atom stereocenters. The summed E-state index contributed by atoms with van der Waals surface area (Å²) >= 11 is 6.62. The van der Waals surface area contributed by atoms with Gasteiger partial charge in [0.05, 0.1) is 27.6 Å². The van der Waals surface area contributed by atoms with Gasteiger partial charge in [0, 0.05) is 22.2 Å². The predicted octanol–water partition coefficient (Wildman–Crippen LogP) is 7.10. The molecule has 0 bridgehead atoms. The lowest BCUT2D eigenvalue weighted by molar-refractivity contribution is 1.31.